The van der Waals surface area contributed by atoms with Crippen molar-refractivity contribution in [2.24, 2.45) is 0 Å². The van der Waals surface area contributed by atoms with Crippen molar-refractivity contribution < 1.29 is 4.74 Å². The molecule has 1 aromatic rings. The summed E-state index contributed by atoms with van der Waals surface area (Å²) in [6, 6.07) is 6.70. The molecule has 3 nitrogen and oxygen atoms in total. The van der Waals surface area contributed by atoms with Gasteiger partial charge < -0.3 is 15.0 Å². The number of ether oxygens (including phenoxy) is 1. The molecule has 0 saturated heterocycles. The number of rotatable bonds is 1. The molecular formula is C12H18N2O. The third-order valence-electron chi connectivity index (χ3n) is 2.91. The van der Waals surface area contributed by atoms with E-state index in [1.54, 1.807) is 7.11 Å². The van der Waals surface area contributed by atoms with Gasteiger partial charge in [0.05, 0.1) is 18.5 Å². The molecule has 15 heavy (non-hydrogen) atoms. The Morgan fingerprint density at radius 3 is 3.00 bits per heavy atom. The number of anilines is 2. The molecule has 3 heteroatoms. The Kier molecular flexibility index (Phi) is 2.71. The van der Waals surface area contributed by atoms with Crippen molar-refractivity contribution >= 4 is 11.4 Å². The Morgan fingerprint density at radius 2 is 2.27 bits per heavy atom. The number of benzene rings is 1. The lowest BCUT2D eigenvalue weighted by atomic mass is 10.2. The maximum atomic E-state index is 5.23. The largest absolute Gasteiger partial charge is 0.497 e. The van der Waals surface area contributed by atoms with Gasteiger partial charge in [-0.2, -0.15) is 0 Å². The lowest BCUT2D eigenvalue weighted by Gasteiger charge is -2.19. The van der Waals surface area contributed by atoms with Crippen molar-refractivity contribution in [1.29, 1.82) is 0 Å². The van der Waals surface area contributed by atoms with E-state index in [-0.39, 0.29) is 0 Å². The van der Waals surface area contributed by atoms with E-state index in [0.29, 0.717) is 6.04 Å². The second-order valence-corrected chi connectivity index (χ2v) is 4.14. The van der Waals surface area contributed by atoms with Crippen LogP contribution in [0.25, 0.3) is 0 Å². The molecule has 0 aromatic heterocycles. The molecular weight excluding hydrogens is 188 g/mol. The maximum absolute atomic E-state index is 5.23. The predicted octanol–water partition coefficient (Wildman–Crippen LogP) is 2.34. The van der Waals surface area contributed by atoms with Gasteiger partial charge in [-0.3, -0.25) is 0 Å². The van der Waals surface area contributed by atoms with Gasteiger partial charge in [-0.1, -0.05) is 0 Å². The van der Waals surface area contributed by atoms with Gasteiger partial charge in [0.15, 0.2) is 0 Å². The van der Waals surface area contributed by atoms with Crippen LogP contribution >= 0.6 is 0 Å². The molecule has 82 valence electrons. The lowest BCUT2D eigenvalue weighted by molar-refractivity contribution is 0.415. The van der Waals surface area contributed by atoms with Crippen LogP contribution in [0.2, 0.25) is 0 Å². The fourth-order valence-corrected chi connectivity index (χ4v) is 1.94. The van der Waals surface area contributed by atoms with Gasteiger partial charge in [0.1, 0.15) is 5.75 Å². The smallest absolute Gasteiger partial charge is 0.121 e. The van der Waals surface area contributed by atoms with Gasteiger partial charge in [0.2, 0.25) is 0 Å². The second-order valence-electron chi connectivity index (χ2n) is 4.14. The quantitative estimate of drug-likeness (QED) is 0.763. The van der Waals surface area contributed by atoms with Gasteiger partial charge in [-0.05, 0) is 25.5 Å². The summed E-state index contributed by atoms with van der Waals surface area (Å²) in [5.74, 6) is 0.906. The predicted molar refractivity (Wildman–Crippen MR) is 64.0 cm³/mol. The Labute approximate surface area is 91.0 Å². The molecule has 0 aliphatic carbocycles. The van der Waals surface area contributed by atoms with E-state index in [0.717, 1.165) is 18.7 Å². The highest BCUT2D eigenvalue weighted by atomic mass is 16.5. The number of hydrogen-bond acceptors (Lipinski definition) is 3. The summed E-state index contributed by atoms with van der Waals surface area (Å²) in [5.41, 5.74) is 2.42. The molecule has 0 radical (unpaired) electrons. The minimum Gasteiger partial charge on any atom is -0.497 e. The van der Waals surface area contributed by atoms with Crippen LogP contribution < -0.4 is 15.0 Å². The van der Waals surface area contributed by atoms with Crippen molar-refractivity contribution in [1.82, 2.24) is 0 Å². The van der Waals surface area contributed by atoms with Crippen LogP contribution in [0.3, 0.4) is 0 Å². The summed E-state index contributed by atoms with van der Waals surface area (Å²) in [4.78, 5) is 2.28. The van der Waals surface area contributed by atoms with E-state index in [9.17, 15) is 0 Å². The highest BCUT2D eigenvalue weighted by Crippen LogP contribution is 2.32. The first kappa shape index (κ1) is 10.1. The minimum absolute atomic E-state index is 0.515. The van der Waals surface area contributed by atoms with Crippen LogP contribution in [-0.2, 0) is 0 Å². The van der Waals surface area contributed by atoms with Gasteiger partial charge in [0.25, 0.3) is 0 Å². The fraction of sp³-hybridized carbons (Fsp3) is 0.500. The van der Waals surface area contributed by atoms with E-state index in [4.69, 9.17) is 4.74 Å². The summed E-state index contributed by atoms with van der Waals surface area (Å²) in [6.45, 7) is 3.30. The van der Waals surface area contributed by atoms with Crippen molar-refractivity contribution in [3.8, 4) is 5.75 Å². The topological polar surface area (TPSA) is 24.5 Å². The SMILES string of the molecule is COc1ccc2c(c1)N[C@@H](C)CCN2C. The molecule has 0 spiro atoms. The molecule has 0 bridgehead atoms. The molecule has 1 N–H and O–H groups in total. The van der Waals surface area contributed by atoms with Crippen LogP contribution in [0.1, 0.15) is 13.3 Å². The standard InChI is InChI=1S/C12H18N2O/c1-9-6-7-14(2)12-5-4-10(15-3)8-11(12)13-9/h4-5,8-9,13H,6-7H2,1-3H3/t9-/m0/s1. The van der Waals surface area contributed by atoms with E-state index in [2.05, 4.69) is 36.3 Å². The molecule has 0 fully saturated rings. The number of nitrogens with zero attached hydrogens (tertiary/aromatic N) is 1. The van der Waals surface area contributed by atoms with Gasteiger partial charge >= 0.3 is 0 Å². The molecule has 1 aliphatic heterocycles. The Morgan fingerprint density at radius 1 is 1.47 bits per heavy atom. The van der Waals surface area contributed by atoms with Gasteiger partial charge in [-0.15, -0.1) is 0 Å². The van der Waals surface area contributed by atoms with E-state index in [1.165, 1.54) is 11.4 Å². The van der Waals surface area contributed by atoms with Crippen molar-refractivity contribution in [3.63, 3.8) is 0 Å². The molecule has 1 aliphatic rings. The summed E-state index contributed by atoms with van der Waals surface area (Å²) < 4.78 is 5.23. The average Bonchev–Trinajstić information content (AvgIpc) is 2.38. The van der Waals surface area contributed by atoms with Crippen molar-refractivity contribution in [3.05, 3.63) is 18.2 Å². The number of nitrogens with one attached hydrogen (secondary N) is 1. The number of methoxy groups -OCH3 is 1. The highest BCUT2D eigenvalue weighted by Gasteiger charge is 2.15. The van der Waals surface area contributed by atoms with Crippen LogP contribution in [0, 0.1) is 0 Å². The first-order valence-electron chi connectivity index (χ1n) is 5.36. The molecule has 1 aromatic carbocycles. The van der Waals surface area contributed by atoms with Crippen molar-refractivity contribution in [2.45, 2.75) is 19.4 Å². The zero-order valence-electron chi connectivity index (χ0n) is 9.58. The Hall–Kier alpha value is -1.38. The summed E-state index contributed by atoms with van der Waals surface area (Å²) in [7, 11) is 3.83. The summed E-state index contributed by atoms with van der Waals surface area (Å²) in [6.07, 6.45) is 1.16. The van der Waals surface area contributed by atoms with Crippen LogP contribution in [0.15, 0.2) is 18.2 Å². The van der Waals surface area contributed by atoms with E-state index >= 15 is 0 Å². The lowest BCUT2D eigenvalue weighted by Crippen LogP contribution is -2.19. The monoisotopic (exact) mass is 206 g/mol. The normalized spacial score (nSPS) is 20.2. The molecule has 0 unspecified atom stereocenters. The maximum Gasteiger partial charge on any atom is 0.121 e. The Balaban J connectivity index is 2.38. The highest BCUT2D eigenvalue weighted by molar-refractivity contribution is 5.72. The van der Waals surface area contributed by atoms with Crippen LogP contribution in [0.4, 0.5) is 11.4 Å². The van der Waals surface area contributed by atoms with Gasteiger partial charge in [-0.25, -0.2) is 0 Å². The summed E-state index contributed by atoms with van der Waals surface area (Å²) >= 11 is 0. The molecule has 1 atom stereocenters. The summed E-state index contributed by atoms with van der Waals surface area (Å²) in [5, 5.41) is 3.51. The molecule has 0 saturated carbocycles. The van der Waals surface area contributed by atoms with Crippen molar-refractivity contribution in [2.75, 3.05) is 30.9 Å². The molecule has 2 rings (SSSR count). The molecule has 0 amide bonds. The first-order valence-corrected chi connectivity index (χ1v) is 5.36. The number of hydrogen-bond donors (Lipinski definition) is 1. The second kappa shape index (κ2) is 4.01. The van der Waals surface area contributed by atoms with Crippen LogP contribution in [0.5, 0.6) is 5.75 Å². The minimum atomic E-state index is 0.515. The number of fused-ring (bicyclic) bond motifs is 1. The van der Waals surface area contributed by atoms with Crippen LogP contribution in [-0.4, -0.2) is 26.7 Å². The van der Waals surface area contributed by atoms with E-state index < -0.39 is 0 Å². The average molecular weight is 206 g/mol. The zero-order chi connectivity index (χ0) is 10.8. The fourth-order valence-electron chi connectivity index (χ4n) is 1.94. The molecule has 1 heterocycles. The first-order chi connectivity index (χ1) is 7.20. The third-order valence-corrected chi connectivity index (χ3v) is 2.91. The zero-order valence-corrected chi connectivity index (χ0v) is 9.58. The van der Waals surface area contributed by atoms with E-state index in [1.807, 2.05) is 6.07 Å². The Bertz CT molecular complexity index is 351. The van der Waals surface area contributed by atoms with Gasteiger partial charge in [0, 0.05) is 25.7 Å². The third kappa shape index (κ3) is 2.01.